The normalized spacial score (nSPS) is 12.2. The first-order valence-electron chi connectivity index (χ1n) is 4.36. The first kappa shape index (κ1) is 14.3. The van der Waals surface area contributed by atoms with Crippen molar-refractivity contribution in [3.05, 3.63) is 22.6 Å². The van der Waals surface area contributed by atoms with E-state index in [9.17, 15) is 0 Å². The molecule has 0 aromatic rings. The van der Waals surface area contributed by atoms with Crippen molar-refractivity contribution >= 4 is 12.0 Å². The van der Waals surface area contributed by atoms with E-state index in [1.54, 1.807) is 0 Å². The van der Waals surface area contributed by atoms with Gasteiger partial charge in [-0.3, -0.25) is 0 Å². The van der Waals surface area contributed by atoms with Gasteiger partial charge in [0.05, 0.1) is 0 Å². The van der Waals surface area contributed by atoms with Crippen LogP contribution in [0.15, 0.2) is 22.6 Å². The summed E-state index contributed by atoms with van der Waals surface area (Å²) >= 11 is 0.794. The lowest BCUT2D eigenvalue weighted by Gasteiger charge is -1.91. The molecule has 0 amide bonds. The topological polar surface area (TPSA) is 20.2 Å². The fraction of sp³-hybridized carbons (Fsp3) is 0.600. The molecule has 0 aromatic carbocycles. The van der Waals surface area contributed by atoms with Gasteiger partial charge in [-0.2, -0.15) is 0 Å². The molecule has 0 saturated carbocycles. The maximum absolute atomic E-state index is 8.54. The number of allylic oxidation sites excluding steroid dienone is 4. The molecule has 2 heteroatoms. The van der Waals surface area contributed by atoms with Crippen molar-refractivity contribution in [2.75, 3.05) is 0 Å². The highest BCUT2D eigenvalue weighted by Crippen LogP contribution is 2.10. The molecule has 0 unspecified atom stereocenters. The minimum absolute atomic E-state index is 0.794. The lowest BCUT2D eigenvalue weighted by Crippen LogP contribution is -1.69. The Labute approximate surface area is 80.8 Å². The predicted molar refractivity (Wildman–Crippen MR) is 59.4 cm³/mol. The molecule has 0 fully saturated rings. The lowest BCUT2D eigenvalue weighted by molar-refractivity contribution is 0.669. The Morgan fingerprint density at radius 2 is 1.75 bits per heavy atom. The average Bonchev–Trinajstić information content (AvgIpc) is 2.16. The Morgan fingerprint density at radius 1 is 1.25 bits per heavy atom. The zero-order chi connectivity index (χ0) is 9.98. The fourth-order valence-corrected chi connectivity index (χ4v) is 0.537. The molecule has 0 saturated heterocycles. The second-order valence-electron chi connectivity index (χ2n) is 2.24. The zero-order valence-electron chi connectivity index (χ0n) is 8.72. The van der Waals surface area contributed by atoms with Crippen LogP contribution in [0.25, 0.3) is 0 Å². The highest BCUT2D eigenvalue weighted by molar-refractivity contribution is 7.97. The van der Waals surface area contributed by atoms with Crippen molar-refractivity contribution in [3.8, 4) is 0 Å². The van der Waals surface area contributed by atoms with Gasteiger partial charge in [0.15, 0.2) is 0 Å². The van der Waals surface area contributed by atoms with Crippen LogP contribution in [0.1, 0.15) is 41.0 Å². The molecule has 0 rings (SSSR count). The molecular weight excluding hydrogens is 168 g/mol. The number of hydrogen-bond acceptors (Lipinski definition) is 2. The monoisotopic (exact) mass is 188 g/mol. The summed E-state index contributed by atoms with van der Waals surface area (Å²) in [6, 6.07) is 0. The Kier molecular flexibility index (Phi) is 12.9. The van der Waals surface area contributed by atoms with E-state index in [4.69, 9.17) is 4.55 Å². The van der Waals surface area contributed by atoms with Gasteiger partial charge in [0.2, 0.25) is 0 Å². The molecule has 0 heterocycles. The van der Waals surface area contributed by atoms with E-state index in [-0.39, 0.29) is 0 Å². The van der Waals surface area contributed by atoms with Gasteiger partial charge in [0, 0.05) is 16.9 Å². The summed E-state index contributed by atoms with van der Waals surface area (Å²) < 4.78 is 8.54. The number of rotatable bonds is 3. The maximum Gasteiger partial charge on any atom is 0.0196 e. The first-order valence-corrected chi connectivity index (χ1v) is 5.13. The van der Waals surface area contributed by atoms with Crippen LogP contribution in [-0.2, 0) is 0 Å². The molecule has 1 nitrogen and oxygen atoms in total. The van der Waals surface area contributed by atoms with Gasteiger partial charge in [-0.15, -0.1) is 0 Å². The van der Waals surface area contributed by atoms with E-state index >= 15 is 0 Å². The van der Waals surface area contributed by atoms with Crippen molar-refractivity contribution in [1.82, 2.24) is 0 Å². The molecule has 0 aromatic heterocycles. The summed E-state index contributed by atoms with van der Waals surface area (Å²) in [5.74, 6) is 0. The van der Waals surface area contributed by atoms with E-state index in [0.717, 1.165) is 23.4 Å². The SMILES string of the molecule is CC.CC/C(C)=C\C=C(/C)SO. The summed E-state index contributed by atoms with van der Waals surface area (Å²) in [4.78, 5) is 0.924. The van der Waals surface area contributed by atoms with E-state index in [2.05, 4.69) is 13.8 Å². The minimum atomic E-state index is 0.794. The summed E-state index contributed by atoms with van der Waals surface area (Å²) in [5.41, 5.74) is 1.33. The van der Waals surface area contributed by atoms with Crippen molar-refractivity contribution < 1.29 is 4.55 Å². The van der Waals surface area contributed by atoms with Crippen molar-refractivity contribution in [2.24, 2.45) is 0 Å². The van der Waals surface area contributed by atoms with E-state index in [1.165, 1.54) is 5.57 Å². The molecule has 0 radical (unpaired) electrons. The highest BCUT2D eigenvalue weighted by atomic mass is 32.2. The largest absolute Gasteiger partial charge is 0.326 e. The fourth-order valence-electron chi connectivity index (χ4n) is 0.408. The first-order chi connectivity index (χ1) is 5.70. The molecular formula is C10H20OS. The van der Waals surface area contributed by atoms with Crippen LogP contribution in [0.3, 0.4) is 0 Å². The Bertz CT molecular complexity index is 130. The van der Waals surface area contributed by atoms with Crippen LogP contribution in [0.2, 0.25) is 0 Å². The van der Waals surface area contributed by atoms with Crippen LogP contribution in [0.4, 0.5) is 0 Å². The summed E-state index contributed by atoms with van der Waals surface area (Å²) in [7, 11) is 0. The van der Waals surface area contributed by atoms with Gasteiger partial charge < -0.3 is 4.55 Å². The van der Waals surface area contributed by atoms with Crippen LogP contribution in [0.5, 0.6) is 0 Å². The van der Waals surface area contributed by atoms with Crippen molar-refractivity contribution in [2.45, 2.75) is 41.0 Å². The van der Waals surface area contributed by atoms with Gasteiger partial charge in [-0.1, -0.05) is 38.5 Å². The Balaban J connectivity index is 0. The minimum Gasteiger partial charge on any atom is -0.326 e. The quantitative estimate of drug-likeness (QED) is 0.520. The van der Waals surface area contributed by atoms with Gasteiger partial charge >= 0.3 is 0 Å². The van der Waals surface area contributed by atoms with Crippen LogP contribution in [0, 0.1) is 0 Å². The summed E-state index contributed by atoms with van der Waals surface area (Å²) in [6.07, 6.45) is 5.02. The van der Waals surface area contributed by atoms with Crippen LogP contribution in [-0.4, -0.2) is 4.55 Å². The van der Waals surface area contributed by atoms with E-state index in [1.807, 2.05) is 32.9 Å². The molecule has 0 aliphatic rings. The van der Waals surface area contributed by atoms with Crippen LogP contribution < -0.4 is 0 Å². The average molecular weight is 188 g/mol. The molecule has 0 aliphatic carbocycles. The molecule has 0 spiro atoms. The van der Waals surface area contributed by atoms with Gasteiger partial charge in [-0.25, -0.2) is 0 Å². The Morgan fingerprint density at radius 3 is 2.08 bits per heavy atom. The predicted octanol–water partition coefficient (Wildman–Crippen LogP) is 4.48. The van der Waals surface area contributed by atoms with E-state index < -0.39 is 0 Å². The molecule has 72 valence electrons. The highest BCUT2D eigenvalue weighted by Gasteiger charge is 1.83. The standard InChI is InChI=1S/C8H14OS.C2H6/c1-4-7(2)5-6-8(3)10-9;1-2/h5-6,9H,4H2,1-3H3;1-2H3/b7-5-,8-6+;. The summed E-state index contributed by atoms with van der Waals surface area (Å²) in [5, 5.41) is 0. The van der Waals surface area contributed by atoms with Gasteiger partial charge in [0.25, 0.3) is 0 Å². The second kappa shape index (κ2) is 10.8. The molecule has 12 heavy (non-hydrogen) atoms. The smallest absolute Gasteiger partial charge is 0.0196 e. The molecule has 0 bridgehead atoms. The van der Waals surface area contributed by atoms with Gasteiger partial charge in [-0.05, 0) is 20.3 Å². The van der Waals surface area contributed by atoms with Crippen molar-refractivity contribution in [3.63, 3.8) is 0 Å². The maximum atomic E-state index is 8.54. The number of hydrogen-bond donors (Lipinski definition) is 1. The molecule has 1 N–H and O–H groups in total. The molecule has 0 atom stereocenters. The third-order valence-corrected chi connectivity index (χ3v) is 1.73. The Hall–Kier alpha value is -0.210. The van der Waals surface area contributed by atoms with Crippen LogP contribution >= 0.6 is 12.0 Å². The van der Waals surface area contributed by atoms with E-state index in [0.29, 0.717) is 0 Å². The third kappa shape index (κ3) is 9.79. The summed E-state index contributed by atoms with van der Waals surface area (Å²) in [6.45, 7) is 10.1. The third-order valence-electron chi connectivity index (χ3n) is 1.30. The second-order valence-corrected chi connectivity index (χ2v) is 3.06. The van der Waals surface area contributed by atoms with Crippen molar-refractivity contribution in [1.29, 1.82) is 0 Å². The van der Waals surface area contributed by atoms with Gasteiger partial charge in [0.1, 0.15) is 0 Å². The lowest BCUT2D eigenvalue weighted by atomic mass is 10.2. The zero-order valence-corrected chi connectivity index (χ0v) is 9.53. The molecule has 0 aliphatic heterocycles.